The van der Waals surface area contributed by atoms with Crippen LogP contribution in [-0.4, -0.2) is 16.5 Å². The van der Waals surface area contributed by atoms with Crippen molar-refractivity contribution < 1.29 is 14.3 Å². The zero-order valence-electron chi connectivity index (χ0n) is 21.2. The second-order valence-corrected chi connectivity index (χ2v) is 12.4. The molecule has 180 valence electrons. The molecule has 1 aromatic carbocycles. The van der Waals surface area contributed by atoms with E-state index in [9.17, 15) is 14.3 Å². The van der Waals surface area contributed by atoms with Gasteiger partial charge < -0.3 is 5.11 Å². The van der Waals surface area contributed by atoms with Gasteiger partial charge >= 0.3 is 0 Å². The normalized spacial score (nSPS) is 35.1. The second-order valence-electron chi connectivity index (χ2n) is 12.4. The van der Waals surface area contributed by atoms with E-state index < -0.39 is 5.60 Å². The molecule has 34 heavy (non-hydrogen) atoms. The fourth-order valence-corrected chi connectivity index (χ4v) is 7.29. The number of aliphatic hydroxyl groups is 1. The number of fused-ring (bicyclic) bond motifs is 4. The van der Waals surface area contributed by atoms with Crippen LogP contribution in [0.1, 0.15) is 89.7 Å². The third-order valence-corrected chi connectivity index (χ3v) is 9.13. The number of halogens is 1. The van der Waals surface area contributed by atoms with Crippen molar-refractivity contribution in [2.45, 2.75) is 91.1 Å². The first kappa shape index (κ1) is 23.6. The molecule has 4 aliphatic rings. The molecule has 0 aliphatic heterocycles. The number of carbonyl (C=O) groups excluding carboxylic acids is 1. The zero-order valence-corrected chi connectivity index (χ0v) is 21.2. The van der Waals surface area contributed by atoms with Crippen LogP contribution in [0, 0.1) is 47.2 Å². The van der Waals surface area contributed by atoms with Crippen LogP contribution in [0.15, 0.2) is 41.0 Å². The molecule has 0 saturated heterocycles. The molecular weight excluding hydrogens is 423 g/mol. The van der Waals surface area contributed by atoms with Crippen molar-refractivity contribution in [1.82, 2.24) is 0 Å². The van der Waals surface area contributed by atoms with Crippen LogP contribution in [0.4, 0.5) is 4.39 Å². The molecule has 1 N–H and O–H groups in total. The van der Waals surface area contributed by atoms with E-state index in [2.05, 4.69) is 45.6 Å². The first-order valence-electron chi connectivity index (χ1n) is 12.9. The van der Waals surface area contributed by atoms with E-state index in [4.69, 9.17) is 0 Å². The monoisotopic (exact) mass is 460 g/mol. The molecular formula is C31H37FO2. The summed E-state index contributed by atoms with van der Waals surface area (Å²) >= 11 is 0. The van der Waals surface area contributed by atoms with Crippen molar-refractivity contribution in [2.75, 3.05) is 0 Å². The fourth-order valence-electron chi connectivity index (χ4n) is 7.29. The number of hydrogen-bond acceptors (Lipinski definition) is 2. The Labute approximate surface area is 203 Å². The Morgan fingerprint density at radius 1 is 1.15 bits per heavy atom. The van der Waals surface area contributed by atoms with Crippen molar-refractivity contribution >= 4 is 5.78 Å². The minimum atomic E-state index is -1.04. The smallest absolute Gasteiger partial charge is 0.156 e. The SMILES string of the molecule is Cc1ccc([C@H]2C[C@@]3(C)[C@@H](CC[C@@]3(O)C#CC(C)(C)C)[C@@H]3CCC4=CC(=O)CCC4=C32)cc1F. The minimum Gasteiger partial charge on any atom is -0.377 e. The van der Waals surface area contributed by atoms with Gasteiger partial charge in [0.15, 0.2) is 5.78 Å². The predicted octanol–water partition coefficient (Wildman–Crippen LogP) is 6.81. The summed E-state index contributed by atoms with van der Waals surface area (Å²) < 4.78 is 14.8. The van der Waals surface area contributed by atoms with Crippen LogP contribution in [-0.2, 0) is 4.79 Å². The summed E-state index contributed by atoms with van der Waals surface area (Å²) in [7, 11) is 0. The summed E-state index contributed by atoms with van der Waals surface area (Å²) in [6, 6.07) is 5.65. The van der Waals surface area contributed by atoms with Crippen molar-refractivity contribution in [3.05, 3.63) is 57.9 Å². The van der Waals surface area contributed by atoms with Crippen molar-refractivity contribution in [1.29, 1.82) is 0 Å². The van der Waals surface area contributed by atoms with E-state index in [-0.39, 0.29) is 28.3 Å². The van der Waals surface area contributed by atoms with E-state index in [1.165, 1.54) is 16.7 Å². The van der Waals surface area contributed by atoms with Crippen molar-refractivity contribution in [3.8, 4) is 11.8 Å². The molecule has 3 heteroatoms. The van der Waals surface area contributed by atoms with Crippen LogP contribution in [0.5, 0.6) is 0 Å². The second kappa shape index (κ2) is 7.92. The van der Waals surface area contributed by atoms with Gasteiger partial charge in [-0.05, 0) is 112 Å². The highest BCUT2D eigenvalue weighted by atomic mass is 19.1. The van der Waals surface area contributed by atoms with Gasteiger partial charge in [0.2, 0.25) is 0 Å². The van der Waals surface area contributed by atoms with E-state index in [1.807, 2.05) is 12.1 Å². The summed E-state index contributed by atoms with van der Waals surface area (Å²) in [5.74, 6) is 7.47. The molecule has 5 atom stereocenters. The topological polar surface area (TPSA) is 37.3 Å². The van der Waals surface area contributed by atoms with E-state index in [0.717, 1.165) is 37.7 Å². The lowest BCUT2D eigenvalue weighted by molar-refractivity contribution is -0.114. The molecule has 0 unspecified atom stereocenters. The molecule has 0 heterocycles. The van der Waals surface area contributed by atoms with Gasteiger partial charge in [-0.3, -0.25) is 4.79 Å². The highest BCUT2D eigenvalue weighted by Gasteiger charge is 2.62. The largest absolute Gasteiger partial charge is 0.377 e. The molecule has 2 nitrogen and oxygen atoms in total. The molecule has 0 radical (unpaired) electrons. The summed E-state index contributed by atoms with van der Waals surface area (Å²) in [5.41, 5.74) is 4.03. The molecule has 2 fully saturated rings. The third-order valence-electron chi connectivity index (χ3n) is 9.13. The number of benzene rings is 1. The van der Waals surface area contributed by atoms with Gasteiger partial charge in [0.1, 0.15) is 11.4 Å². The maximum atomic E-state index is 14.8. The molecule has 0 amide bonds. The van der Waals surface area contributed by atoms with Gasteiger partial charge in [0, 0.05) is 23.2 Å². The fraction of sp³-hybridized carbons (Fsp3) is 0.581. The molecule has 4 aliphatic carbocycles. The predicted molar refractivity (Wildman–Crippen MR) is 134 cm³/mol. The van der Waals surface area contributed by atoms with Gasteiger partial charge in [0.05, 0.1) is 0 Å². The number of allylic oxidation sites excluding steroid dienone is 4. The quantitative estimate of drug-likeness (QED) is 0.467. The Bertz CT molecular complexity index is 1170. The highest BCUT2D eigenvalue weighted by molar-refractivity contribution is 5.93. The minimum absolute atomic E-state index is 0.0364. The Balaban J connectivity index is 1.68. The van der Waals surface area contributed by atoms with E-state index >= 15 is 0 Å². The van der Waals surface area contributed by atoms with Crippen LogP contribution < -0.4 is 0 Å². The van der Waals surface area contributed by atoms with Crippen LogP contribution >= 0.6 is 0 Å². The van der Waals surface area contributed by atoms with Gasteiger partial charge in [-0.25, -0.2) is 4.39 Å². The van der Waals surface area contributed by atoms with Gasteiger partial charge in [-0.15, -0.1) is 0 Å². The van der Waals surface area contributed by atoms with Crippen molar-refractivity contribution in [3.63, 3.8) is 0 Å². The summed E-state index contributed by atoms with van der Waals surface area (Å²) in [5, 5.41) is 12.0. The lowest BCUT2D eigenvalue weighted by Crippen LogP contribution is -2.51. The maximum Gasteiger partial charge on any atom is 0.156 e. The van der Waals surface area contributed by atoms with Crippen LogP contribution in [0.2, 0.25) is 0 Å². The number of rotatable bonds is 1. The Kier molecular flexibility index (Phi) is 5.49. The average molecular weight is 461 g/mol. The molecule has 0 bridgehead atoms. The molecule has 2 saturated carbocycles. The molecule has 0 spiro atoms. The van der Waals surface area contributed by atoms with Gasteiger partial charge in [-0.2, -0.15) is 0 Å². The van der Waals surface area contributed by atoms with Crippen LogP contribution in [0.3, 0.4) is 0 Å². The Morgan fingerprint density at radius 3 is 2.62 bits per heavy atom. The number of aryl methyl sites for hydroxylation is 1. The van der Waals surface area contributed by atoms with E-state index in [0.29, 0.717) is 30.2 Å². The van der Waals surface area contributed by atoms with Crippen LogP contribution in [0.25, 0.3) is 0 Å². The summed E-state index contributed by atoms with van der Waals surface area (Å²) in [6.07, 6.45) is 7.53. The van der Waals surface area contributed by atoms with Crippen molar-refractivity contribution in [2.24, 2.45) is 22.7 Å². The maximum absolute atomic E-state index is 14.8. The number of hydrogen-bond donors (Lipinski definition) is 1. The summed E-state index contributed by atoms with van der Waals surface area (Å²) in [6.45, 7) is 10.3. The first-order chi connectivity index (χ1) is 15.9. The first-order valence-corrected chi connectivity index (χ1v) is 12.9. The van der Waals surface area contributed by atoms with Gasteiger partial charge in [-0.1, -0.05) is 36.5 Å². The highest BCUT2D eigenvalue weighted by Crippen LogP contribution is 2.66. The Morgan fingerprint density at radius 2 is 1.91 bits per heavy atom. The standard InChI is InChI=1S/C31H37FO2/c1-19-6-7-21(17-27(19)32)25-18-30(5)26(12-13-31(30,34)15-14-29(2,3)4)24-10-8-20-16-22(33)9-11-23(20)28(24)25/h6-7,16-17,24-26,34H,8-13,18H2,1-5H3/t24-,25+,26-,30-,31+/m0/s1. The Hall–Kier alpha value is -2.18. The molecule has 5 rings (SSSR count). The zero-order chi connectivity index (χ0) is 24.5. The lowest BCUT2D eigenvalue weighted by Gasteiger charge is -2.53. The number of ketones is 1. The average Bonchev–Trinajstić information content (AvgIpc) is 3.04. The third kappa shape index (κ3) is 3.70. The molecule has 0 aromatic heterocycles. The molecule has 1 aromatic rings. The lowest BCUT2D eigenvalue weighted by atomic mass is 9.51. The number of carbonyl (C=O) groups is 1. The van der Waals surface area contributed by atoms with E-state index in [1.54, 1.807) is 13.0 Å². The summed E-state index contributed by atoms with van der Waals surface area (Å²) in [4.78, 5) is 12.2. The van der Waals surface area contributed by atoms with Gasteiger partial charge in [0.25, 0.3) is 0 Å².